The molecule has 6 aliphatic heterocycles. The number of carboxylic acids is 2. The summed E-state index contributed by atoms with van der Waals surface area (Å²) in [7, 11) is 0. The number of ether oxygens (including phenoxy) is 12. The summed E-state index contributed by atoms with van der Waals surface area (Å²) in [5.41, 5.74) is 0. The number of carbonyl (C=O) groups excluding carboxylic acids is 4. The van der Waals surface area contributed by atoms with Gasteiger partial charge in [-0.25, -0.2) is 9.59 Å². The van der Waals surface area contributed by atoms with Gasteiger partial charge in [0.05, 0.1) is 82.7 Å². The van der Waals surface area contributed by atoms with Crippen molar-refractivity contribution in [1.29, 1.82) is 0 Å². The second kappa shape index (κ2) is 60.3. The highest BCUT2D eigenvalue weighted by atomic mass is 16.8. The van der Waals surface area contributed by atoms with Gasteiger partial charge in [0, 0.05) is 33.1 Å². The molecule has 6 aliphatic rings. The van der Waals surface area contributed by atoms with Crippen LogP contribution in [0.3, 0.4) is 0 Å². The number of hydrogen-bond donors (Lipinski definition) is 26. The fraction of sp³-hybridized carbons (Fsp3) is 0.909. The van der Waals surface area contributed by atoms with Crippen molar-refractivity contribution in [3.8, 4) is 0 Å². The number of aliphatic carboxylic acids is 2. The predicted molar refractivity (Wildman–Crippen MR) is 460 cm³/mol. The van der Waals surface area contributed by atoms with E-state index in [0.717, 1.165) is 71.6 Å². The lowest BCUT2D eigenvalue weighted by atomic mass is 9.87. The maximum absolute atomic E-state index is 13.8. The van der Waals surface area contributed by atoms with Crippen LogP contribution >= 0.6 is 0 Å². The average Bonchev–Trinajstić information content (AvgIpc) is 0.735. The van der Waals surface area contributed by atoms with Gasteiger partial charge >= 0.3 is 11.9 Å². The number of allylic oxidation sites excluding steroid dienone is 1. The summed E-state index contributed by atoms with van der Waals surface area (Å²) < 4.78 is 70.5. The van der Waals surface area contributed by atoms with Gasteiger partial charge < -0.3 is 190 Å². The molecule has 0 bridgehead atoms. The first-order chi connectivity index (χ1) is 63.1. The summed E-state index contributed by atoms with van der Waals surface area (Å²) in [6.45, 7) is -2.90. The molecule has 4 amide bonds. The smallest absolute Gasteiger partial charge is 0.364 e. The zero-order valence-corrected chi connectivity index (χ0v) is 76.5. The third-order valence-electron chi connectivity index (χ3n) is 25.2. The Hall–Kier alpha value is -4.72. The molecular weight excluding hydrogens is 1750 g/mol. The summed E-state index contributed by atoms with van der Waals surface area (Å²) in [4.78, 5) is 78.8. The number of rotatable bonds is 64. The lowest BCUT2D eigenvalue weighted by molar-refractivity contribution is -0.391. The molecule has 0 aromatic heterocycles. The number of amides is 4. The third kappa shape index (κ3) is 34.7. The molecule has 44 nitrogen and oxygen atoms in total. The van der Waals surface area contributed by atoms with E-state index in [2.05, 4.69) is 35.1 Å². The summed E-state index contributed by atoms with van der Waals surface area (Å²) >= 11 is 0. The van der Waals surface area contributed by atoms with Crippen LogP contribution < -0.4 is 21.3 Å². The molecule has 0 aromatic rings. The fourth-order valence-corrected chi connectivity index (χ4v) is 17.6. The number of aliphatic hydroxyl groups excluding tert-OH is 20. The van der Waals surface area contributed by atoms with Gasteiger partial charge in [-0.3, -0.25) is 19.2 Å². The van der Waals surface area contributed by atoms with Crippen LogP contribution in [0.4, 0.5) is 0 Å². The van der Waals surface area contributed by atoms with E-state index in [9.17, 15) is 141 Å². The van der Waals surface area contributed by atoms with Crippen LogP contribution in [-0.2, 0) is 85.6 Å². The topological polar surface area (TPSA) is 706 Å². The van der Waals surface area contributed by atoms with E-state index in [4.69, 9.17) is 56.8 Å². The van der Waals surface area contributed by atoms with Crippen molar-refractivity contribution in [1.82, 2.24) is 21.3 Å². The lowest BCUT2D eigenvalue weighted by Crippen LogP contribution is -2.72. The van der Waals surface area contributed by atoms with Crippen molar-refractivity contribution < 1.29 is 198 Å². The number of aliphatic hydroxyl groups is 20. The van der Waals surface area contributed by atoms with Crippen LogP contribution in [0.15, 0.2) is 12.2 Å². The number of hydrogen-bond acceptors (Lipinski definition) is 38. The van der Waals surface area contributed by atoms with Crippen LogP contribution in [0, 0.1) is 0 Å². The van der Waals surface area contributed by atoms with Crippen molar-refractivity contribution in [2.24, 2.45) is 0 Å². The van der Waals surface area contributed by atoms with E-state index >= 15 is 0 Å². The number of carboxylic acid groups (broad SMARTS) is 2. The van der Waals surface area contributed by atoms with Crippen LogP contribution in [0.2, 0.25) is 0 Å². The van der Waals surface area contributed by atoms with E-state index < -0.39 is 303 Å². The molecule has 6 rings (SSSR count). The first-order valence-electron chi connectivity index (χ1n) is 47.4. The van der Waals surface area contributed by atoms with E-state index in [-0.39, 0.29) is 12.3 Å². The molecule has 768 valence electrons. The first kappa shape index (κ1) is 116. The minimum Gasteiger partial charge on any atom is -0.477 e. The largest absolute Gasteiger partial charge is 0.477 e. The molecular formula is C88H156N4O40. The van der Waals surface area contributed by atoms with Crippen LogP contribution in [0.1, 0.15) is 246 Å². The Balaban J connectivity index is 1.14. The predicted octanol–water partition coefficient (Wildman–Crippen LogP) is -3.34. The van der Waals surface area contributed by atoms with Crippen molar-refractivity contribution in [3.63, 3.8) is 0 Å². The first-order valence-corrected chi connectivity index (χ1v) is 47.4. The van der Waals surface area contributed by atoms with Crippen molar-refractivity contribution in [2.45, 2.75) is 453 Å². The highest BCUT2D eigenvalue weighted by Crippen LogP contribution is 2.42. The zero-order valence-electron chi connectivity index (χ0n) is 76.5. The van der Waals surface area contributed by atoms with Gasteiger partial charge in [0.2, 0.25) is 23.6 Å². The van der Waals surface area contributed by atoms with Crippen molar-refractivity contribution in [2.75, 3.05) is 52.9 Å². The number of nitrogens with one attached hydrogen (secondary N) is 4. The molecule has 132 heavy (non-hydrogen) atoms. The van der Waals surface area contributed by atoms with Crippen molar-refractivity contribution >= 4 is 35.6 Å². The lowest BCUT2D eigenvalue weighted by Gasteiger charge is -2.52. The number of unbranched alkanes of at least 4 members (excludes halogenated alkanes) is 29. The maximum atomic E-state index is 13.8. The van der Waals surface area contributed by atoms with Gasteiger partial charge in [-0.1, -0.05) is 206 Å². The molecule has 0 aliphatic carbocycles. The minimum absolute atomic E-state index is 0.143. The molecule has 0 radical (unpaired) electrons. The second-order valence-corrected chi connectivity index (χ2v) is 35.7. The van der Waals surface area contributed by atoms with Crippen LogP contribution in [-0.4, -0.2) is 408 Å². The summed E-state index contributed by atoms with van der Waals surface area (Å²) in [6.07, 6.45) is -24.3. The van der Waals surface area contributed by atoms with Crippen LogP contribution in [0.5, 0.6) is 0 Å². The molecule has 0 spiro atoms. The minimum atomic E-state index is -3.57. The highest BCUT2D eigenvalue weighted by molar-refractivity contribution is 5.79. The molecule has 0 saturated carbocycles. The van der Waals surface area contributed by atoms with Gasteiger partial charge in [-0.05, 0) is 19.3 Å². The molecule has 6 heterocycles. The molecule has 44 heteroatoms. The average molecular weight is 1910 g/mol. The monoisotopic (exact) mass is 1910 g/mol. The Bertz CT molecular complexity index is 3300. The molecule has 34 atom stereocenters. The van der Waals surface area contributed by atoms with Crippen molar-refractivity contribution in [3.05, 3.63) is 12.2 Å². The maximum Gasteiger partial charge on any atom is 0.364 e. The zero-order chi connectivity index (χ0) is 97.4. The van der Waals surface area contributed by atoms with Gasteiger partial charge in [-0.2, -0.15) is 0 Å². The molecule has 6 saturated heterocycles. The molecule has 12 unspecified atom stereocenters. The Morgan fingerprint density at radius 3 is 1.27 bits per heavy atom. The SMILES string of the molecule is CCCCCCCCCCCCC/C=C/[C@@H](O)[C@H](CO[C@@H]1OC(CO)[C@@H](O[C@@H]2OC(CO)[C@H](O)[C@H](O[C@@H]3OC(CO)[C@@H](O[C@@H]4OC(CO)[C@H](O)[C@H](O[C@]5(C(=O)O)CC(O)[C@@H](NC(=O)CO)C([C@H](O)[C@@H](CO)O[C@]6(C(=O)O)CC(O)[C@@H](NC(C)=O)C([C@H](O)[C@H](O)CO)O6)O5)C4O)[C@H](O)C3NC(C)=O)C2O)[C@H](O)C1O)NC(=O)CCCCCCCCCCCCCCCCCCCCC. The summed E-state index contributed by atoms with van der Waals surface area (Å²) in [6, 6.07) is -7.04. The normalized spacial score (nSPS) is 34.2. The Morgan fingerprint density at radius 1 is 0.417 bits per heavy atom. The fourth-order valence-electron chi connectivity index (χ4n) is 17.6. The second-order valence-electron chi connectivity index (χ2n) is 35.7. The Labute approximate surface area is 770 Å². The van der Waals surface area contributed by atoms with E-state index in [1.165, 1.54) is 128 Å². The van der Waals surface area contributed by atoms with E-state index in [1.807, 2.05) is 6.08 Å². The Kier molecular flexibility index (Phi) is 53.0. The molecule has 6 fully saturated rings. The Morgan fingerprint density at radius 2 is 0.818 bits per heavy atom. The highest BCUT2D eigenvalue weighted by Gasteiger charge is 2.64. The molecule has 26 N–H and O–H groups in total. The number of carbonyl (C=O) groups is 6. The summed E-state index contributed by atoms with van der Waals surface area (Å²) in [5, 5.41) is 256. The van der Waals surface area contributed by atoms with Gasteiger partial charge in [0.25, 0.3) is 11.6 Å². The molecule has 0 aromatic carbocycles. The quantitative estimate of drug-likeness (QED) is 0.0209. The van der Waals surface area contributed by atoms with Crippen LogP contribution in [0.25, 0.3) is 0 Å². The van der Waals surface area contributed by atoms with E-state index in [0.29, 0.717) is 12.8 Å². The van der Waals surface area contributed by atoms with E-state index in [1.54, 1.807) is 6.08 Å². The summed E-state index contributed by atoms with van der Waals surface area (Å²) in [5.74, 6) is -15.0. The third-order valence-corrected chi connectivity index (χ3v) is 25.2. The van der Waals surface area contributed by atoms with Gasteiger partial charge in [0.1, 0.15) is 141 Å². The van der Waals surface area contributed by atoms with Gasteiger partial charge in [0.15, 0.2) is 25.2 Å². The van der Waals surface area contributed by atoms with Gasteiger partial charge in [-0.15, -0.1) is 0 Å². The standard InChI is InChI=1S/C88H156N4O40/c1-5-7-9-11-13-15-17-19-20-21-22-23-24-26-28-30-32-34-36-38-61(106)91-51(52(102)37-35-33-31-29-27-25-18-16-14-12-10-8-6-2)48-121-82-72(114)71(113)76(60(46-98)125-82)127-83-73(115)79(67(109)56(42-94)122-83)128-81-65(90-50(4)101)70(112)75(59(45-97)124-81)126-84-74(116)80(68(110)57(43-95)123-84)132-88(86(119)120)40-54(104)64(92-62(107)47-99)78(131-88)69(111)58(44-96)129-87(85(117)118)39-53(103)63(89-49(3)100)77(130-87)66(108)55(105)41-93/h35,37,51-60,63-84,93-99,102-105,108-116H,5-34,36,38-48H2,1-4H3,(H,89,100)(H,90,101)(H,91,106)(H,92,107)(H,117,118)(H,119,120)/b37-35+/t51-,52+,53?,54?,55+,56?,57?,58+,59?,60?,63+,64+,65?,66+,67-,68-,69+,70+,71+,72?,73?,74?,75+,76+,77?,78?,79-,80-,81-,82+,83-,84-,87+,88-/m0/s1.